The summed E-state index contributed by atoms with van der Waals surface area (Å²) in [6.07, 6.45) is 3.55. The fourth-order valence-electron chi connectivity index (χ4n) is 2.11. The first-order chi connectivity index (χ1) is 7.54. The van der Waals surface area contributed by atoms with Gasteiger partial charge >= 0.3 is 0 Å². The third-order valence-electron chi connectivity index (χ3n) is 3.12. The average molecular weight is 367 g/mol. The standard InChI is InChI=1S/C11H13Br2NOS/c1-2-11(4-3-9(15)14-11)6-7-5-8(12)10(13)16-7/h5H,2-4,6H2,1H3,(H,14,15). The van der Waals surface area contributed by atoms with E-state index in [0.717, 1.165) is 27.5 Å². The Kier molecular flexibility index (Phi) is 3.76. The highest BCUT2D eigenvalue weighted by molar-refractivity contribution is 9.13. The van der Waals surface area contributed by atoms with Gasteiger partial charge in [0.05, 0.1) is 3.79 Å². The number of carbonyl (C=O) groups is 1. The molecule has 2 heterocycles. The van der Waals surface area contributed by atoms with Crippen molar-refractivity contribution in [1.29, 1.82) is 0 Å². The van der Waals surface area contributed by atoms with Crippen molar-refractivity contribution in [3.05, 3.63) is 19.2 Å². The van der Waals surface area contributed by atoms with E-state index in [0.29, 0.717) is 6.42 Å². The highest BCUT2D eigenvalue weighted by atomic mass is 79.9. The molecular weight excluding hydrogens is 354 g/mol. The number of carbonyl (C=O) groups excluding carboxylic acids is 1. The van der Waals surface area contributed by atoms with E-state index < -0.39 is 0 Å². The number of hydrogen-bond acceptors (Lipinski definition) is 2. The summed E-state index contributed by atoms with van der Waals surface area (Å²) < 4.78 is 2.22. The van der Waals surface area contributed by atoms with Gasteiger partial charge in [-0.15, -0.1) is 11.3 Å². The topological polar surface area (TPSA) is 29.1 Å². The van der Waals surface area contributed by atoms with Crippen LogP contribution in [0.25, 0.3) is 0 Å². The number of hydrogen-bond donors (Lipinski definition) is 1. The predicted octanol–water partition coefficient (Wildman–Crippen LogP) is 3.87. The van der Waals surface area contributed by atoms with E-state index >= 15 is 0 Å². The van der Waals surface area contributed by atoms with Gasteiger partial charge in [-0.2, -0.15) is 0 Å². The van der Waals surface area contributed by atoms with Gasteiger partial charge in [0.1, 0.15) is 0 Å². The Balaban J connectivity index is 2.16. The van der Waals surface area contributed by atoms with E-state index in [1.165, 1.54) is 4.88 Å². The highest BCUT2D eigenvalue weighted by Crippen LogP contribution is 2.36. The summed E-state index contributed by atoms with van der Waals surface area (Å²) in [5, 5.41) is 3.13. The Bertz CT molecular complexity index is 399. The van der Waals surface area contributed by atoms with Gasteiger partial charge in [-0.3, -0.25) is 4.79 Å². The van der Waals surface area contributed by atoms with Crippen molar-refractivity contribution in [3.63, 3.8) is 0 Å². The van der Waals surface area contributed by atoms with Gasteiger partial charge in [-0.25, -0.2) is 0 Å². The molecule has 0 aromatic carbocycles. The van der Waals surface area contributed by atoms with Crippen molar-refractivity contribution in [2.75, 3.05) is 0 Å². The third-order valence-corrected chi connectivity index (χ3v) is 6.38. The Morgan fingerprint density at radius 1 is 1.56 bits per heavy atom. The van der Waals surface area contributed by atoms with Crippen LogP contribution in [0.1, 0.15) is 31.1 Å². The SMILES string of the molecule is CCC1(Cc2cc(Br)c(Br)s2)CCC(=O)N1. The Hall–Kier alpha value is 0.130. The maximum atomic E-state index is 11.4. The Labute approximate surface area is 116 Å². The van der Waals surface area contributed by atoms with Gasteiger partial charge in [0.25, 0.3) is 0 Å². The van der Waals surface area contributed by atoms with E-state index in [1.54, 1.807) is 11.3 Å². The largest absolute Gasteiger partial charge is 0.350 e. The molecule has 1 N–H and O–H groups in total. The fourth-order valence-corrected chi connectivity index (χ4v) is 4.43. The number of thiophene rings is 1. The van der Waals surface area contributed by atoms with Crippen molar-refractivity contribution in [2.24, 2.45) is 0 Å². The molecule has 2 rings (SSSR count). The number of rotatable bonds is 3. The predicted molar refractivity (Wildman–Crippen MR) is 73.8 cm³/mol. The quantitative estimate of drug-likeness (QED) is 0.864. The first-order valence-corrected chi connectivity index (χ1v) is 7.70. The Morgan fingerprint density at radius 3 is 2.75 bits per heavy atom. The van der Waals surface area contributed by atoms with E-state index in [9.17, 15) is 4.79 Å². The number of amides is 1. The summed E-state index contributed by atoms with van der Waals surface area (Å²) in [4.78, 5) is 12.7. The molecular formula is C11H13Br2NOS. The minimum Gasteiger partial charge on any atom is -0.350 e. The molecule has 0 radical (unpaired) electrons. The Morgan fingerprint density at radius 2 is 2.31 bits per heavy atom. The van der Waals surface area contributed by atoms with Crippen molar-refractivity contribution in [2.45, 2.75) is 38.1 Å². The smallest absolute Gasteiger partial charge is 0.220 e. The van der Waals surface area contributed by atoms with Crippen LogP contribution in [0.15, 0.2) is 14.3 Å². The lowest BCUT2D eigenvalue weighted by Crippen LogP contribution is -2.42. The van der Waals surface area contributed by atoms with Crippen LogP contribution in [0.4, 0.5) is 0 Å². The molecule has 1 fully saturated rings. The molecule has 1 unspecified atom stereocenters. The molecule has 2 nitrogen and oxygen atoms in total. The summed E-state index contributed by atoms with van der Waals surface area (Å²) in [5.74, 6) is 0.191. The summed E-state index contributed by atoms with van der Waals surface area (Å²) >= 11 is 8.73. The van der Waals surface area contributed by atoms with E-state index in [4.69, 9.17) is 0 Å². The second-order valence-corrected chi connectivity index (χ2v) is 7.50. The molecule has 16 heavy (non-hydrogen) atoms. The number of nitrogens with one attached hydrogen (secondary N) is 1. The molecule has 1 amide bonds. The van der Waals surface area contributed by atoms with E-state index in [2.05, 4.69) is 50.2 Å². The zero-order chi connectivity index (χ0) is 11.8. The number of halogens is 2. The van der Waals surface area contributed by atoms with Gasteiger partial charge in [0.2, 0.25) is 5.91 Å². The maximum Gasteiger partial charge on any atom is 0.220 e. The van der Waals surface area contributed by atoms with Crippen LogP contribution in [0, 0.1) is 0 Å². The first kappa shape index (κ1) is 12.6. The van der Waals surface area contributed by atoms with Gasteiger partial charge in [-0.05, 0) is 50.8 Å². The van der Waals surface area contributed by atoms with Gasteiger partial charge in [0.15, 0.2) is 0 Å². The monoisotopic (exact) mass is 365 g/mol. The van der Waals surface area contributed by atoms with Crippen LogP contribution in [0.5, 0.6) is 0 Å². The third kappa shape index (κ3) is 2.51. The van der Waals surface area contributed by atoms with Gasteiger partial charge in [0, 0.05) is 27.7 Å². The molecule has 1 atom stereocenters. The molecule has 1 aromatic rings. The molecule has 88 valence electrons. The van der Waals surface area contributed by atoms with Crippen molar-refractivity contribution in [1.82, 2.24) is 5.32 Å². The summed E-state index contributed by atoms with van der Waals surface area (Å²) in [6, 6.07) is 2.14. The second kappa shape index (κ2) is 4.78. The highest BCUT2D eigenvalue weighted by Gasteiger charge is 2.36. The van der Waals surface area contributed by atoms with E-state index in [-0.39, 0.29) is 11.4 Å². The molecule has 0 bridgehead atoms. The molecule has 1 aliphatic heterocycles. The van der Waals surface area contributed by atoms with Crippen molar-refractivity contribution in [3.8, 4) is 0 Å². The molecule has 0 spiro atoms. The normalized spacial score (nSPS) is 24.8. The zero-order valence-corrected chi connectivity index (χ0v) is 13.0. The summed E-state index contributed by atoms with van der Waals surface area (Å²) in [6.45, 7) is 2.14. The molecule has 1 aromatic heterocycles. The molecule has 1 aliphatic rings. The van der Waals surface area contributed by atoms with Crippen LogP contribution in [-0.2, 0) is 11.2 Å². The zero-order valence-electron chi connectivity index (χ0n) is 8.98. The average Bonchev–Trinajstić information content (AvgIpc) is 2.73. The van der Waals surface area contributed by atoms with Crippen LogP contribution < -0.4 is 5.32 Å². The lowest BCUT2D eigenvalue weighted by molar-refractivity contribution is -0.119. The maximum absolute atomic E-state index is 11.4. The first-order valence-electron chi connectivity index (χ1n) is 5.29. The van der Waals surface area contributed by atoms with E-state index in [1.807, 2.05) is 0 Å². The van der Waals surface area contributed by atoms with Crippen LogP contribution in [-0.4, -0.2) is 11.4 Å². The van der Waals surface area contributed by atoms with Crippen molar-refractivity contribution >= 4 is 49.1 Å². The minimum atomic E-state index is -0.0131. The molecule has 0 aliphatic carbocycles. The van der Waals surface area contributed by atoms with Crippen LogP contribution >= 0.6 is 43.2 Å². The van der Waals surface area contributed by atoms with Gasteiger partial charge < -0.3 is 5.32 Å². The fraction of sp³-hybridized carbons (Fsp3) is 0.545. The van der Waals surface area contributed by atoms with Crippen molar-refractivity contribution < 1.29 is 4.79 Å². The second-order valence-electron chi connectivity index (χ2n) is 4.19. The molecule has 5 heteroatoms. The van der Waals surface area contributed by atoms with Gasteiger partial charge in [-0.1, -0.05) is 6.92 Å². The molecule has 0 saturated carbocycles. The molecule has 1 saturated heterocycles. The summed E-state index contributed by atoms with van der Waals surface area (Å²) in [5.41, 5.74) is -0.0131. The van der Waals surface area contributed by atoms with Crippen LogP contribution in [0.3, 0.4) is 0 Å². The lowest BCUT2D eigenvalue weighted by Gasteiger charge is -2.27. The lowest BCUT2D eigenvalue weighted by atomic mass is 9.90. The minimum absolute atomic E-state index is 0.0131. The summed E-state index contributed by atoms with van der Waals surface area (Å²) in [7, 11) is 0. The van der Waals surface area contributed by atoms with Crippen LogP contribution in [0.2, 0.25) is 0 Å².